The summed E-state index contributed by atoms with van der Waals surface area (Å²) in [6, 6.07) is 8.71. The monoisotopic (exact) mass is 532 g/mol. The van der Waals surface area contributed by atoms with Crippen molar-refractivity contribution in [2.45, 2.75) is 85.0 Å². The number of nitrogens with zero attached hydrogens (tertiary/aromatic N) is 4. The van der Waals surface area contributed by atoms with E-state index >= 15 is 0 Å². The summed E-state index contributed by atoms with van der Waals surface area (Å²) in [6.07, 6.45) is 3.64. The third-order valence-electron chi connectivity index (χ3n) is 5.45. The van der Waals surface area contributed by atoms with Crippen LogP contribution in [0.5, 0.6) is 5.75 Å². The van der Waals surface area contributed by atoms with E-state index in [0.29, 0.717) is 22.7 Å². The van der Waals surface area contributed by atoms with Crippen LogP contribution in [0.2, 0.25) is 0 Å². The fourth-order valence-corrected chi connectivity index (χ4v) is 5.02. The molecule has 5 unspecified atom stereocenters. The number of aromatic nitrogens is 4. The van der Waals surface area contributed by atoms with Gasteiger partial charge in [-0.15, -0.1) is 0 Å². The van der Waals surface area contributed by atoms with E-state index in [1.807, 2.05) is 69.5 Å². The van der Waals surface area contributed by atoms with Crippen LogP contribution < -0.4 is 15.3 Å². The van der Waals surface area contributed by atoms with Crippen molar-refractivity contribution in [3.63, 3.8) is 0 Å². The molecule has 1 saturated heterocycles. The summed E-state index contributed by atoms with van der Waals surface area (Å²) in [5.74, 6) is 0.598. The lowest BCUT2D eigenvalue weighted by molar-refractivity contribution is -0.149. The van der Waals surface area contributed by atoms with Crippen molar-refractivity contribution in [2.24, 2.45) is 0 Å². The number of anilines is 1. The van der Waals surface area contributed by atoms with Crippen LogP contribution in [0, 0.1) is 0 Å². The van der Waals surface area contributed by atoms with Crippen molar-refractivity contribution in [3.8, 4) is 5.75 Å². The minimum atomic E-state index is -1.67. The molecular weight excluding hydrogens is 495 g/mol. The molecule has 12 heteroatoms. The number of fused-ring (bicyclic) bond motifs is 1. The maximum atomic E-state index is 12.4. The molecule has 1 aliphatic heterocycles. The zero-order valence-corrected chi connectivity index (χ0v) is 23.1. The van der Waals surface area contributed by atoms with Crippen molar-refractivity contribution < 1.29 is 23.3 Å². The van der Waals surface area contributed by atoms with Crippen LogP contribution in [0.4, 0.5) is 5.82 Å². The third-order valence-corrected chi connectivity index (χ3v) is 6.95. The molecule has 0 bridgehead atoms. The van der Waals surface area contributed by atoms with Crippen molar-refractivity contribution in [1.29, 1.82) is 0 Å². The summed E-state index contributed by atoms with van der Waals surface area (Å²) in [5.41, 5.74) is 7.09. The van der Waals surface area contributed by atoms with Gasteiger partial charge in [-0.3, -0.25) is 9.36 Å². The Bertz CT molecular complexity index is 1130. The number of hydrogen-bond acceptors (Lipinski definition) is 10. The number of imidazole rings is 1. The van der Waals surface area contributed by atoms with Crippen LogP contribution in [-0.4, -0.2) is 49.8 Å². The van der Waals surface area contributed by atoms with Crippen LogP contribution >= 0.6 is 8.53 Å². The van der Waals surface area contributed by atoms with Gasteiger partial charge < -0.3 is 24.3 Å². The Hall–Kier alpha value is -2.85. The highest BCUT2D eigenvalue weighted by Gasteiger charge is 2.35. The molecule has 1 fully saturated rings. The number of nitrogens with one attached hydrogen (secondary N) is 1. The first-order valence-corrected chi connectivity index (χ1v) is 13.7. The van der Waals surface area contributed by atoms with Gasteiger partial charge in [-0.2, -0.15) is 0 Å². The summed E-state index contributed by atoms with van der Waals surface area (Å²) in [7, 11) is -1.67. The number of carbonyl (C=O) groups is 1. The second-order valence-electron chi connectivity index (χ2n) is 8.60. The highest BCUT2D eigenvalue weighted by atomic mass is 31.2. The first kappa shape index (κ1) is 28.7. The number of ether oxygens (including phenoxy) is 2. The van der Waals surface area contributed by atoms with Gasteiger partial charge in [0.25, 0.3) is 0 Å². The zero-order chi connectivity index (χ0) is 26.9. The Balaban J connectivity index is 0.00000186. The normalized spacial score (nSPS) is 19.6. The number of nitrogens with two attached hydrogens (primary N) is 1. The number of para-hydroxylation sites is 1. The molecule has 0 amide bonds. The second kappa shape index (κ2) is 13.6. The quantitative estimate of drug-likeness (QED) is 0.278. The molecule has 0 saturated carbocycles. The fourth-order valence-electron chi connectivity index (χ4n) is 3.69. The lowest BCUT2D eigenvalue weighted by Gasteiger charge is -2.27. The molecule has 11 nitrogen and oxygen atoms in total. The van der Waals surface area contributed by atoms with Gasteiger partial charge in [-0.25, -0.2) is 20.0 Å². The van der Waals surface area contributed by atoms with Gasteiger partial charge in [-0.05, 0) is 52.7 Å². The van der Waals surface area contributed by atoms with Gasteiger partial charge >= 0.3 is 14.5 Å². The molecule has 1 aliphatic rings. The SMILES string of the molecule is CC.CC(C)OC(=O)C(C)NP(Oc1ccccc1)OC(C)C1CCC(n2cnc3c(N)ncnc32)O1. The van der Waals surface area contributed by atoms with Crippen molar-refractivity contribution in [1.82, 2.24) is 24.6 Å². The predicted molar refractivity (Wildman–Crippen MR) is 143 cm³/mol. The molecule has 3 N–H and O–H groups in total. The van der Waals surface area contributed by atoms with E-state index in [2.05, 4.69) is 20.0 Å². The molecule has 0 spiro atoms. The highest BCUT2D eigenvalue weighted by Crippen LogP contribution is 2.41. The number of carbonyl (C=O) groups excluding carboxylic acids is 1. The van der Waals surface area contributed by atoms with Crippen LogP contribution in [-0.2, 0) is 18.8 Å². The summed E-state index contributed by atoms with van der Waals surface area (Å²) in [5, 5.41) is 3.14. The topological polar surface area (TPSA) is 136 Å². The van der Waals surface area contributed by atoms with Gasteiger partial charge in [-0.1, -0.05) is 32.0 Å². The molecule has 2 aromatic heterocycles. The Labute approximate surface area is 219 Å². The van der Waals surface area contributed by atoms with Crippen molar-refractivity contribution >= 4 is 31.5 Å². The Morgan fingerprint density at radius 2 is 1.86 bits per heavy atom. The predicted octanol–water partition coefficient (Wildman–Crippen LogP) is 4.75. The summed E-state index contributed by atoms with van der Waals surface area (Å²) < 4.78 is 25.8. The van der Waals surface area contributed by atoms with Crippen LogP contribution in [0.15, 0.2) is 43.0 Å². The average Bonchev–Trinajstić information content (AvgIpc) is 3.53. The van der Waals surface area contributed by atoms with E-state index in [9.17, 15) is 4.79 Å². The van der Waals surface area contributed by atoms with E-state index in [-0.39, 0.29) is 30.5 Å². The Morgan fingerprint density at radius 3 is 2.57 bits per heavy atom. The summed E-state index contributed by atoms with van der Waals surface area (Å²) >= 11 is 0. The fraction of sp³-hybridized carbons (Fsp3) is 0.520. The number of benzene rings is 1. The largest absolute Gasteiger partial charge is 0.462 e. The van der Waals surface area contributed by atoms with Gasteiger partial charge in [0.15, 0.2) is 11.5 Å². The molecule has 3 heterocycles. The smallest absolute Gasteiger partial charge is 0.323 e. The van der Waals surface area contributed by atoms with Gasteiger partial charge in [0.2, 0.25) is 0 Å². The van der Waals surface area contributed by atoms with Crippen LogP contribution in [0.25, 0.3) is 11.2 Å². The maximum Gasteiger partial charge on any atom is 0.323 e. The Kier molecular flexibility index (Phi) is 10.6. The highest BCUT2D eigenvalue weighted by molar-refractivity contribution is 7.45. The van der Waals surface area contributed by atoms with E-state index in [1.165, 1.54) is 6.33 Å². The molecule has 0 aliphatic carbocycles. The summed E-state index contributed by atoms with van der Waals surface area (Å²) in [6.45, 7) is 11.3. The van der Waals surface area contributed by atoms with Gasteiger partial charge in [0, 0.05) is 0 Å². The summed E-state index contributed by atoms with van der Waals surface area (Å²) in [4.78, 5) is 25.0. The van der Waals surface area contributed by atoms with E-state index < -0.39 is 14.6 Å². The van der Waals surface area contributed by atoms with E-state index in [0.717, 1.165) is 12.8 Å². The zero-order valence-electron chi connectivity index (χ0n) is 22.2. The van der Waals surface area contributed by atoms with Crippen LogP contribution in [0.1, 0.15) is 60.6 Å². The van der Waals surface area contributed by atoms with E-state index in [1.54, 1.807) is 13.3 Å². The molecule has 202 valence electrons. The first-order chi connectivity index (χ1) is 17.8. The van der Waals surface area contributed by atoms with Gasteiger partial charge in [0.1, 0.15) is 29.9 Å². The first-order valence-electron chi connectivity index (χ1n) is 12.6. The number of esters is 1. The standard InChI is InChI=1S/C23H31N6O5P.C2H6/c1-14(2)31-23(30)15(3)28-35(34-17-8-6-5-7-9-17)33-16(4)18-10-11-19(32-18)29-13-27-20-21(24)25-12-26-22(20)29;1-2/h5-9,12-16,18-19,28H,10-11H2,1-4H3,(H2,24,25,26);1-2H3. The molecule has 3 aromatic rings. The van der Waals surface area contributed by atoms with E-state index in [4.69, 9.17) is 24.3 Å². The lowest BCUT2D eigenvalue weighted by Crippen LogP contribution is -2.36. The number of nitrogen functional groups attached to an aromatic ring is 1. The lowest BCUT2D eigenvalue weighted by atomic mass is 10.1. The minimum absolute atomic E-state index is 0.194. The van der Waals surface area contributed by atoms with Gasteiger partial charge in [0.05, 0.1) is 24.6 Å². The van der Waals surface area contributed by atoms with Crippen LogP contribution in [0.3, 0.4) is 0 Å². The third kappa shape index (κ3) is 7.58. The average molecular weight is 533 g/mol. The molecule has 0 radical (unpaired) electrons. The molecule has 4 rings (SSSR count). The number of rotatable bonds is 10. The number of hydrogen-bond donors (Lipinski definition) is 2. The molecular formula is C25H37N6O5P. The molecule has 37 heavy (non-hydrogen) atoms. The maximum absolute atomic E-state index is 12.4. The molecule has 5 atom stereocenters. The van der Waals surface area contributed by atoms with Crippen molar-refractivity contribution in [3.05, 3.63) is 43.0 Å². The van der Waals surface area contributed by atoms with Crippen molar-refractivity contribution in [2.75, 3.05) is 5.73 Å². The Morgan fingerprint density at radius 1 is 1.14 bits per heavy atom. The second-order valence-corrected chi connectivity index (χ2v) is 9.76. The minimum Gasteiger partial charge on any atom is -0.462 e. The molecule has 1 aromatic carbocycles.